The van der Waals surface area contributed by atoms with Crippen molar-refractivity contribution in [3.05, 3.63) is 0 Å². The molecular weight excluding hydrogens is 238 g/mol. The molecule has 3 heteroatoms. The topological polar surface area (TPSA) is 32.7 Å². The van der Waals surface area contributed by atoms with E-state index in [9.17, 15) is 5.11 Å². The molecule has 1 heterocycles. The first-order chi connectivity index (χ1) is 8.73. The van der Waals surface area contributed by atoms with Crippen molar-refractivity contribution in [3.8, 4) is 0 Å². The van der Waals surface area contributed by atoms with Gasteiger partial charge in [-0.25, -0.2) is 0 Å². The van der Waals surface area contributed by atoms with Crippen molar-refractivity contribution in [2.75, 3.05) is 0 Å². The van der Waals surface area contributed by atoms with Crippen LogP contribution < -0.4 is 0 Å². The van der Waals surface area contributed by atoms with Crippen LogP contribution in [0.25, 0.3) is 0 Å². The summed E-state index contributed by atoms with van der Waals surface area (Å²) < 4.78 is 0. The van der Waals surface area contributed by atoms with Crippen molar-refractivity contribution in [1.82, 2.24) is 5.06 Å². The van der Waals surface area contributed by atoms with Crippen molar-refractivity contribution < 1.29 is 9.94 Å². The monoisotopic (exact) mass is 271 g/mol. The number of piperidine rings is 1. The number of hydrogen-bond acceptors (Lipinski definition) is 3. The molecule has 1 saturated heterocycles. The van der Waals surface area contributed by atoms with Crippen molar-refractivity contribution >= 4 is 0 Å². The second-order valence-electron chi connectivity index (χ2n) is 7.26. The van der Waals surface area contributed by atoms with Crippen LogP contribution in [0.5, 0.6) is 0 Å². The van der Waals surface area contributed by atoms with Gasteiger partial charge in [0.2, 0.25) is 0 Å². The molecule has 1 N–H and O–H groups in total. The first kappa shape index (κ1) is 16.9. The van der Waals surface area contributed by atoms with Gasteiger partial charge < -0.3 is 5.11 Å². The van der Waals surface area contributed by atoms with Crippen molar-refractivity contribution in [2.24, 2.45) is 0 Å². The van der Waals surface area contributed by atoms with E-state index in [1.165, 1.54) is 12.8 Å². The third-order valence-electron chi connectivity index (χ3n) is 4.16. The van der Waals surface area contributed by atoms with Gasteiger partial charge in [0.1, 0.15) is 0 Å². The number of aliphatic hydroxyl groups excluding tert-OH is 1. The van der Waals surface area contributed by atoms with E-state index in [0.29, 0.717) is 6.10 Å². The average Bonchev–Trinajstić information content (AvgIpc) is 2.25. The highest BCUT2D eigenvalue weighted by atomic mass is 16.7. The molecule has 0 aliphatic carbocycles. The highest BCUT2D eigenvalue weighted by Gasteiger charge is 2.46. The average molecular weight is 271 g/mol. The summed E-state index contributed by atoms with van der Waals surface area (Å²) in [5.41, 5.74) is -0.221. The van der Waals surface area contributed by atoms with Crippen LogP contribution in [-0.4, -0.2) is 33.5 Å². The van der Waals surface area contributed by atoms with Gasteiger partial charge in [0, 0.05) is 11.1 Å². The van der Waals surface area contributed by atoms with Gasteiger partial charge in [0.15, 0.2) is 0 Å². The summed E-state index contributed by atoms with van der Waals surface area (Å²) in [7, 11) is 0. The molecule has 0 aromatic rings. The lowest BCUT2D eigenvalue weighted by Crippen LogP contribution is -2.62. The lowest BCUT2D eigenvalue weighted by Gasteiger charge is -2.53. The predicted molar refractivity (Wildman–Crippen MR) is 79.9 cm³/mol. The normalized spacial score (nSPS) is 25.4. The van der Waals surface area contributed by atoms with Crippen LogP contribution in [0.3, 0.4) is 0 Å². The summed E-state index contributed by atoms with van der Waals surface area (Å²) >= 11 is 0. The Kier molecular flexibility index (Phi) is 5.84. The Hall–Kier alpha value is -0.120. The minimum atomic E-state index is -0.222. The molecule has 19 heavy (non-hydrogen) atoms. The van der Waals surface area contributed by atoms with Gasteiger partial charge in [-0.3, -0.25) is 4.84 Å². The van der Waals surface area contributed by atoms with Crippen LogP contribution in [0.1, 0.15) is 80.1 Å². The molecule has 0 bridgehead atoms. The highest BCUT2D eigenvalue weighted by molar-refractivity contribution is 4.96. The van der Waals surface area contributed by atoms with E-state index in [1.54, 1.807) is 0 Å². The lowest BCUT2D eigenvalue weighted by molar-refractivity contribution is -0.315. The molecule has 1 unspecified atom stereocenters. The Morgan fingerprint density at radius 3 is 2.11 bits per heavy atom. The van der Waals surface area contributed by atoms with E-state index in [-0.39, 0.29) is 17.2 Å². The Morgan fingerprint density at radius 1 is 1.16 bits per heavy atom. The Bertz CT molecular complexity index is 258. The number of hydroxylamine groups is 2. The van der Waals surface area contributed by atoms with E-state index in [1.807, 2.05) is 0 Å². The molecule has 0 aromatic carbocycles. The van der Waals surface area contributed by atoms with Gasteiger partial charge in [-0.2, -0.15) is 5.06 Å². The maximum absolute atomic E-state index is 10.0. The first-order valence-corrected chi connectivity index (χ1v) is 7.88. The molecule has 114 valence electrons. The SMILES string of the molecule is CCCCC(CC)ON1C(C)(C)CC(O)CC1(C)C. The quantitative estimate of drug-likeness (QED) is 0.795. The number of rotatable bonds is 6. The molecule has 1 aliphatic rings. The number of aliphatic hydroxyl groups is 1. The fourth-order valence-corrected chi connectivity index (χ4v) is 3.41. The molecule has 0 amide bonds. The fraction of sp³-hybridized carbons (Fsp3) is 1.00. The standard InChI is InChI=1S/C16H33NO2/c1-7-9-10-14(8-2)19-17-15(3,4)11-13(18)12-16(17,5)6/h13-14,18H,7-12H2,1-6H3. The fourth-order valence-electron chi connectivity index (χ4n) is 3.41. The summed E-state index contributed by atoms with van der Waals surface area (Å²) in [5, 5.41) is 12.2. The second-order valence-corrected chi connectivity index (χ2v) is 7.26. The molecule has 0 spiro atoms. The van der Waals surface area contributed by atoms with E-state index in [0.717, 1.165) is 25.7 Å². The molecule has 0 saturated carbocycles. The zero-order valence-electron chi connectivity index (χ0n) is 13.7. The Labute approximate surface area is 119 Å². The van der Waals surface area contributed by atoms with E-state index >= 15 is 0 Å². The number of hydrogen-bond donors (Lipinski definition) is 1. The highest BCUT2D eigenvalue weighted by Crippen LogP contribution is 2.39. The van der Waals surface area contributed by atoms with Gasteiger partial charge >= 0.3 is 0 Å². The maximum atomic E-state index is 10.0. The smallest absolute Gasteiger partial charge is 0.0791 e. The van der Waals surface area contributed by atoms with Crippen molar-refractivity contribution in [3.63, 3.8) is 0 Å². The van der Waals surface area contributed by atoms with Crippen LogP contribution in [0, 0.1) is 0 Å². The number of nitrogens with zero attached hydrogens (tertiary/aromatic N) is 1. The van der Waals surface area contributed by atoms with Crippen molar-refractivity contribution in [1.29, 1.82) is 0 Å². The van der Waals surface area contributed by atoms with Crippen LogP contribution >= 0.6 is 0 Å². The molecule has 1 rings (SSSR count). The molecular formula is C16H33NO2. The zero-order valence-corrected chi connectivity index (χ0v) is 13.7. The third kappa shape index (κ3) is 4.44. The first-order valence-electron chi connectivity index (χ1n) is 7.88. The van der Waals surface area contributed by atoms with Gasteiger partial charge in [-0.15, -0.1) is 0 Å². The molecule has 0 radical (unpaired) electrons. The molecule has 1 atom stereocenters. The largest absolute Gasteiger partial charge is 0.393 e. The van der Waals surface area contributed by atoms with E-state index < -0.39 is 0 Å². The number of unbranched alkanes of at least 4 members (excludes halogenated alkanes) is 1. The van der Waals surface area contributed by atoms with Crippen LogP contribution in [0.2, 0.25) is 0 Å². The van der Waals surface area contributed by atoms with Gasteiger partial charge in [-0.1, -0.05) is 26.7 Å². The van der Waals surface area contributed by atoms with Gasteiger partial charge in [0.25, 0.3) is 0 Å². The predicted octanol–water partition coefficient (Wildman–Crippen LogP) is 3.90. The summed E-state index contributed by atoms with van der Waals surface area (Å²) in [6.07, 6.45) is 6.24. The summed E-state index contributed by atoms with van der Waals surface area (Å²) in [5.74, 6) is 0. The van der Waals surface area contributed by atoms with Crippen LogP contribution in [-0.2, 0) is 4.84 Å². The zero-order chi connectivity index (χ0) is 14.7. The Balaban J connectivity index is 2.76. The third-order valence-corrected chi connectivity index (χ3v) is 4.16. The van der Waals surface area contributed by atoms with E-state index in [2.05, 4.69) is 46.6 Å². The molecule has 1 aliphatic heterocycles. The lowest BCUT2D eigenvalue weighted by atomic mass is 9.80. The minimum Gasteiger partial charge on any atom is -0.393 e. The van der Waals surface area contributed by atoms with Gasteiger partial charge in [0.05, 0.1) is 12.2 Å². The molecule has 0 aromatic heterocycles. The maximum Gasteiger partial charge on any atom is 0.0791 e. The van der Waals surface area contributed by atoms with Crippen molar-refractivity contribution in [2.45, 2.75) is 103 Å². The van der Waals surface area contributed by atoms with Gasteiger partial charge in [-0.05, 0) is 53.4 Å². The Morgan fingerprint density at radius 2 is 1.68 bits per heavy atom. The summed E-state index contributed by atoms with van der Waals surface area (Å²) in [6.45, 7) is 13.1. The van der Waals surface area contributed by atoms with Crippen LogP contribution in [0.4, 0.5) is 0 Å². The van der Waals surface area contributed by atoms with E-state index in [4.69, 9.17) is 4.84 Å². The summed E-state index contributed by atoms with van der Waals surface area (Å²) in [6, 6.07) is 0. The molecule has 1 fully saturated rings. The van der Waals surface area contributed by atoms with Crippen LogP contribution in [0.15, 0.2) is 0 Å². The molecule has 3 nitrogen and oxygen atoms in total. The second kappa shape index (κ2) is 6.55. The minimum absolute atomic E-state index is 0.110. The summed E-state index contributed by atoms with van der Waals surface area (Å²) in [4.78, 5) is 6.34.